The predicted molar refractivity (Wildman–Crippen MR) is 93.9 cm³/mol. The molecule has 0 bridgehead atoms. The van der Waals surface area contributed by atoms with Gasteiger partial charge in [-0.25, -0.2) is 0 Å². The third kappa shape index (κ3) is 6.66. The van der Waals surface area contributed by atoms with E-state index >= 15 is 0 Å². The van der Waals surface area contributed by atoms with E-state index in [9.17, 15) is 0 Å². The summed E-state index contributed by atoms with van der Waals surface area (Å²) in [5.74, 6) is 0.789. The van der Waals surface area contributed by atoms with E-state index < -0.39 is 0 Å². The second kappa shape index (κ2) is 9.12. The zero-order chi connectivity index (χ0) is 15.9. The van der Waals surface area contributed by atoms with Crippen LogP contribution in [0.1, 0.15) is 54.4 Å². The first-order chi connectivity index (χ1) is 9.90. The molecular weight excluding hydrogens is 258 g/mol. The van der Waals surface area contributed by atoms with Crippen LogP contribution in [0.2, 0.25) is 0 Å². The average Bonchev–Trinajstić information content (AvgIpc) is 2.45. The molecule has 3 heteroatoms. The first kappa shape index (κ1) is 18.9. The van der Waals surface area contributed by atoms with Crippen molar-refractivity contribution in [2.45, 2.75) is 60.4 Å². The Bertz CT molecular complexity index is 264. The molecule has 0 aromatic rings. The summed E-state index contributed by atoms with van der Waals surface area (Å²) in [5.41, 5.74) is 0.449. The summed E-state index contributed by atoms with van der Waals surface area (Å²) in [5, 5.41) is 3.68. The van der Waals surface area contributed by atoms with E-state index in [2.05, 4.69) is 56.7 Å². The highest BCUT2D eigenvalue weighted by Crippen LogP contribution is 2.27. The van der Waals surface area contributed by atoms with Crippen molar-refractivity contribution < 1.29 is 0 Å². The second-order valence-electron chi connectivity index (χ2n) is 7.71. The lowest BCUT2D eigenvalue weighted by atomic mass is 9.81. The van der Waals surface area contributed by atoms with Crippen LogP contribution in [0.5, 0.6) is 0 Å². The SMILES string of the molecule is CCC(CC)(CNC(C)C)CN1CCN(CC(C)C)CC1. The van der Waals surface area contributed by atoms with Crippen LogP contribution in [-0.2, 0) is 0 Å². The van der Waals surface area contributed by atoms with Crippen molar-refractivity contribution in [3.05, 3.63) is 0 Å². The van der Waals surface area contributed by atoms with Gasteiger partial charge in [0.05, 0.1) is 0 Å². The molecule has 1 rings (SSSR count). The molecule has 21 heavy (non-hydrogen) atoms. The quantitative estimate of drug-likeness (QED) is 0.705. The van der Waals surface area contributed by atoms with Gasteiger partial charge in [0.1, 0.15) is 0 Å². The monoisotopic (exact) mass is 297 g/mol. The molecule has 0 aliphatic carbocycles. The smallest absolute Gasteiger partial charge is 0.0110 e. The normalized spacial score (nSPS) is 18.9. The molecule has 1 fully saturated rings. The Kier molecular flexibility index (Phi) is 8.22. The summed E-state index contributed by atoms with van der Waals surface area (Å²) in [6.45, 7) is 22.5. The van der Waals surface area contributed by atoms with Gasteiger partial charge in [-0.3, -0.25) is 0 Å². The van der Waals surface area contributed by atoms with Gasteiger partial charge < -0.3 is 15.1 Å². The standard InChI is InChI=1S/C18H39N3/c1-7-18(8-2,14-19-17(5)6)15-21-11-9-20(10-12-21)13-16(3)4/h16-17,19H,7-15H2,1-6H3. The Balaban J connectivity index is 2.46. The lowest BCUT2D eigenvalue weighted by Crippen LogP contribution is -2.52. The van der Waals surface area contributed by atoms with Crippen molar-refractivity contribution in [3.63, 3.8) is 0 Å². The summed E-state index contributed by atoms with van der Waals surface area (Å²) >= 11 is 0. The van der Waals surface area contributed by atoms with Crippen LogP contribution in [0, 0.1) is 11.3 Å². The molecule has 1 N–H and O–H groups in total. The second-order valence-corrected chi connectivity index (χ2v) is 7.71. The number of hydrogen-bond donors (Lipinski definition) is 1. The van der Waals surface area contributed by atoms with Crippen LogP contribution in [0.3, 0.4) is 0 Å². The molecule has 1 aliphatic heterocycles. The van der Waals surface area contributed by atoms with E-state index in [-0.39, 0.29) is 0 Å². The molecule has 0 aromatic heterocycles. The molecule has 0 aromatic carbocycles. The van der Waals surface area contributed by atoms with E-state index in [4.69, 9.17) is 0 Å². The van der Waals surface area contributed by atoms with Crippen LogP contribution in [-0.4, -0.2) is 61.7 Å². The lowest BCUT2D eigenvalue weighted by molar-refractivity contribution is 0.0726. The maximum atomic E-state index is 3.68. The minimum absolute atomic E-state index is 0.449. The molecule has 0 saturated carbocycles. The van der Waals surface area contributed by atoms with Crippen LogP contribution in [0.15, 0.2) is 0 Å². The van der Waals surface area contributed by atoms with Gasteiger partial charge in [0, 0.05) is 51.9 Å². The van der Waals surface area contributed by atoms with E-state index in [1.165, 1.54) is 52.1 Å². The highest BCUT2D eigenvalue weighted by Gasteiger charge is 2.30. The van der Waals surface area contributed by atoms with Crippen LogP contribution in [0.25, 0.3) is 0 Å². The highest BCUT2D eigenvalue weighted by molar-refractivity contribution is 4.85. The van der Waals surface area contributed by atoms with Gasteiger partial charge in [-0.2, -0.15) is 0 Å². The number of nitrogens with zero attached hydrogens (tertiary/aromatic N) is 2. The van der Waals surface area contributed by atoms with E-state index in [1.54, 1.807) is 0 Å². The third-order valence-electron chi connectivity index (χ3n) is 5.03. The Morgan fingerprint density at radius 2 is 1.43 bits per heavy atom. The molecular formula is C18H39N3. The number of piperazine rings is 1. The molecule has 3 nitrogen and oxygen atoms in total. The minimum atomic E-state index is 0.449. The zero-order valence-electron chi connectivity index (χ0n) is 15.4. The Morgan fingerprint density at radius 1 is 0.905 bits per heavy atom. The van der Waals surface area contributed by atoms with Crippen molar-refractivity contribution in [1.82, 2.24) is 15.1 Å². The van der Waals surface area contributed by atoms with Crippen molar-refractivity contribution in [2.24, 2.45) is 11.3 Å². The van der Waals surface area contributed by atoms with E-state index in [0.717, 1.165) is 12.5 Å². The topological polar surface area (TPSA) is 18.5 Å². The minimum Gasteiger partial charge on any atom is -0.314 e. The molecule has 1 saturated heterocycles. The van der Waals surface area contributed by atoms with Gasteiger partial charge in [-0.15, -0.1) is 0 Å². The molecule has 1 aliphatic rings. The first-order valence-electron chi connectivity index (χ1n) is 9.09. The number of nitrogens with one attached hydrogen (secondary N) is 1. The summed E-state index contributed by atoms with van der Waals surface area (Å²) in [6.07, 6.45) is 2.55. The lowest BCUT2D eigenvalue weighted by Gasteiger charge is -2.42. The average molecular weight is 298 g/mol. The van der Waals surface area contributed by atoms with Crippen molar-refractivity contribution in [1.29, 1.82) is 0 Å². The summed E-state index contributed by atoms with van der Waals surface area (Å²) in [4.78, 5) is 5.33. The summed E-state index contributed by atoms with van der Waals surface area (Å²) in [6, 6.07) is 0.588. The number of hydrogen-bond acceptors (Lipinski definition) is 3. The van der Waals surface area contributed by atoms with Crippen LogP contribution in [0.4, 0.5) is 0 Å². The molecule has 0 spiro atoms. The predicted octanol–water partition coefficient (Wildman–Crippen LogP) is 3.06. The van der Waals surface area contributed by atoms with Crippen LogP contribution >= 0.6 is 0 Å². The van der Waals surface area contributed by atoms with E-state index in [0.29, 0.717) is 11.5 Å². The Morgan fingerprint density at radius 3 is 1.86 bits per heavy atom. The van der Waals surface area contributed by atoms with Crippen LogP contribution < -0.4 is 5.32 Å². The molecule has 0 unspecified atom stereocenters. The fourth-order valence-electron chi connectivity index (χ4n) is 3.32. The van der Waals surface area contributed by atoms with Crippen molar-refractivity contribution in [3.8, 4) is 0 Å². The van der Waals surface area contributed by atoms with Gasteiger partial charge in [0.25, 0.3) is 0 Å². The van der Waals surface area contributed by atoms with Gasteiger partial charge in [0.2, 0.25) is 0 Å². The van der Waals surface area contributed by atoms with Gasteiger partial charge in [-0.05, 0) is 24.2 Å². The zero-order valence-corrected chi connectivity index (χ0v) is 15.4. The maximum Gasteiger partial charge on any atom is 0.0110 e. The first-order valence-corrected chi connectivity index (χ1v) is 9.09. The third-order valence-corrected chi connectivity index (χ3v) is 5.03. The van der Waals surface area contributed by atoms with E-state index in [1.807, 2.05) is 0 Å². The van der Waals surface area contributed by atoms with Gasteiger partial charge in [0.15, 0.2) is 0 Å². The fourth-order valence-corrected chi connectivity index (χ4v) is 3.32. The Labute approximate surface area is 133 Å². The maximum absolute atomic E-state index is 3.68. The molecule has 0 amide bonds. The van der Waals surface area contributed by atoms with Crippen molar-refractivity contribution in [2.75, 3.05) is 45.8 Å². The number of rotatable bonds is 9. The van der Waals surface area contributed by atoms with Crippen molar-refractivity contribution >= 4 is 0 Å². The summed E-state index contributed by atoms with van der Waals surface area (Å²) in [7, 11) is 0. The van der Waals surface area contributed by atoms with Gasteiger partial charge in [-0.1, -0.05) is 41.5 Å². The molecule has 126 valence electrons. The van der Waals surface area contributed by atoms with Gasteiger partial charge >= 0.3 is 0 Å². The highest BCUT2D eigenvalue weighted by atomic mass is 15.3. The molecule has 0 radical (unpaired) electrons. The Hall–Kier alpha value is -0.120. The fraction of sp³-hybridized carbons (Fsp3) is 1.00. The molecule has 0 atom stereocenters. The largest absolute Gasteiger partial charge is 0.314 e. The molecule has 1 heterocycles. The summed E-state index contributed by atoms with van der Waals surface area (Å²) < 4.78 is 0.